The summed E-state index contributed by atoms with van der Waals surface area (Å²) in [6.45, 7) is 0.724. The van der Waals surface area contributed by atoms with Gasteiger partial charge in [0.15, 0.2) is 0 Å². The number of ether oxygens (including phenoxy) is 1. The first-order valence-electron chi connectivity index (χ1n) is 5.48. The van der Waals surface area contributed by atoms with Crippen LogP contribution >= 0.6 is 12.4 Å². The van der Waals surface area contributed by atoms with Crippen LogP contribution in [0.3, 0.4) is 0 Å². The Morgan fingerprint density at radius 1 is 1.35 bits per heavy atom. The number of sulfone groups is 1. The zero-order valence-corrected chi connectivity index (χ0v) is 11.4. The molecule has 2 heterocycles. The molecule has 2 rings (SSSR count). The summed E-state index contributed by atoms with van der Waals surface area (Å²) in [5.74, 6) is 0.260. The van der Waals surface area contributed by atoms with Crippen molar-refractivity contribution < 1.29 is 17.9 Å². The van der Waals surface area contributed by atoms with Crippen LogP contribution < -0.4 is 5.32 Å². The Labute approximate surface area is 108 Å². The summed E-state index contributed by atoms with van der Waals surface area (Å²) in [7, 11) is -1.46. The Kier molecular flexibility index (Phi) is 4.43. The van der Waals surface area contributed by atoms with Gasteiger partial charge in [-0.1, -0.05) is 0 Å². The monoisotopic (exact) mass is 283 g/mol. The molecular weight excluding hydrogens is 266 g/mol. The maximum Gasteiger partial charge on any atom is 0.322 e. The van der Waals surface area contributed by atoms with E-state index in [0.717, 1.165) is 6.54 Å². The van der Waals surface area contributed by atoms with Crippen LogP contribution in [0.5, 0.6) is 0 Å². The van der Waals surface area contributed by atoms with Gasteiger partial charge in [0.1, 0.15) is 15.9 Å². The molecule has 2 fully saturated rings. The van der Waals surface area contributed by atoms with Crippen molar-refractivity contribution in [3.05, 3.63) is 0 Å². The number of hydrogen-bond donors (Lipinski definition) is 1. The van der Waals surface area contributed by atoms with Crippen LogP contribution in [-0.4, -0.2) is 45.6 Å². The van der Waals surface area contributed by atoms with Crippen molar-refractivity contribution in [2.75, 3.05) is 25.2 Å². The van der Waals surface area contributed by atoms with Crippen molar-refractivity contribution >= 4 is 28.2 Å². The van der Waals surface area contributed by atoms with Crippen LogP contribution in [0.15, 0.2) is 0 Å². The summed E-state index contributed by atoms with van der Waals surface area (Å²) in [6, 6.07) is -0.259. The third-order valence-corrected chi connectivity index (χ3v) is 5.39. The van der Waals surface area contributed by atoms with Crippen LogP contribution in [0.1, 0.15) is 19.3 Å². The van der Waals surface area contributed by atoms with Crippen LogP contribution in [0.4, 0.5) is 0 Å². The van der Waals surface area contributed by atoms with Gasteiger partial charge < -0.3 is 10.1 Å². The maximum absolute atomic E-state index is 11.4. The normalized spacial score (nSPS) is 29.6. The molecule has 7 heteroatoms. The minimum Gasteiger partial charge on any atom is -0.468 e. The fourth-order valence-electron chi connectivity index (χ4n) is 2.58. The molecule has 0 aromatic rings. The Morgan fingerprint density at radius 3 is 2.47 bits per heavy atom. The van der Waals surface area contributed by atoms with Gasteiger partial charge in [-0.25, -0.2) is 8.42 Å². The molecule has 1 unspecified atom stereocenters. The van der Waals surface area contributed by atoms with Crippen LogP contribution in [0.25, 0.3) is 0 Å². The van der Waals surface area contributed by atoms with E-state index in [0.29, 0.717) is 19.3 Å². The van der Waals surface area contributed by atoms with Crippen LogP contribution in [0.2, 0.25) is 0 Å². The molecule has 0 aromatic heterocycles. The lowest BCUT2D eigenvalue weighted by Crippen LogP contribution is -2.35. The number of halogens is 1. The first kappa shape index (κ1) is 14.7. The number of rotatable bonds is 1. The minimum atomic E-state index is -2.83. The van der Waals surface area contributed by atoms with E-state index in [4.69, 9.17) is 0 Å². The summed E-state index contributed by atoms with van der Waals surface area (Å²) in [5, 5.41) is 3.13. The van der Waals surface area contributed by atoms with Crippen molar-refractivity contribution in [3.63, 3.8) is 0 Å². The molecule has 17 heavy (non-hydrogen) atoms. The first-order chi connectivity index (χ1) is 7.46. The highest BCUT2D eigenvalue weighted by atomic mass is 35.5. The molecule has 0 aliphatic carbocycles. The van der Waals surface area contributed by atoms with Crippen molar-refractivity contribution in [3.8, 4) is 0 Å². The van der Waals surface area contributed by atoms with E-state index in [-0.39, 0.29) is 41.3 Å². The van der Waals surface area contributed by atoms with Crippen molar-refractivity contribution in [2.45, 2.75) is 25.3 Å². The van der Waals surface area contributed by atoms with Crippen molar-refractivity contribution in [2.24, 2.45) is 5.41 Å². The summed E-state index contributed by atoms with van der Waals surface area (Å²) in [5.41, 5.74) is -0.00975. The van der Waals surface area contributed by atoms with E-state index >= 15 is 0 Å². The molecule has 0 radical (unpaired) electrons. The predicted molar refractivity (Wildman–Crippen MR) is 66.0 cm³/mol. The fraction of sp³-hybridized carbons (Fsp3) is 0.900. The molecule has 0 bridgehead atoms. The summed E-state index contributed by atoms with van der Waals surface area (Å²) in [4.78, 5) is 11.4. The fourth-order valence-corrected chi connectivity index (χ4v) is 4.27. The summed E-state index contributed by atoms with van der Waals surface area (Å²) in [6.07, 6.45) is 2.03. The number of carbonyl (C=O) groups excluding carboxylic acids is 1. The van der Waals surface area contributed by atoms with E-state index in [1.807, 2.05) is 0 Å². The number of hydrogen-bond acceptors (Lipinski definition) is 5. The van der Waals surface area contributed by atoms with Gasteiger partial charge in [-0.3, -0.25) is 4.79 Å². The third kappa shape index (κ3) is 3.11. The van der Waals surface area contributed by atoms with E-state index < -0.39 is 9.84 Å². The molecule has 2 saturated heterocycles. The van der Waals surface area contributed by atoms with E-state index in [1.165, 1.54) is 7.11 Å². The molecule has 0 amide bonds. The van der Waals surface area contributed by atoms with Gasteiger partial charge in [0, 0.05) is 6.54 Å². The number of nitrogens with one attached hydrogen (secondary N) is 1. The molecule has 5 nitrogen and oxygen atoms in total. The van der Waals surface area contributed by atoms with Crippen molar-refractivity contribution in [1.82, 2.24) is 5.32 Å². The Balaban J connectivity index is 0.00000144. The quantitative estimate of drug-likeness (QED) is 0.693. The van der Waals surface area contributed by atoms with Gasteiger partial charge in [-0.05, 0) is 24.7 Å². The summed E-state index contributed by atoms with van der Waals surface area (Å²) < 4.78 is 27.4. The minimum absolute atomic E-state index is 0. The smallest absolute Gasteiger partial charge is 0.322 e. The van der Waals surface area contributed by atoms with E-state index in [9.17, 15) is 13.2 Å². The van der Waals surface area contributed by atoms with Gasteiger partial charge in [-0.2, -0.15) is 0 Å². The molecular formula is C10H18ClNO4S. The molecule has 2 aliphatic rings. The maximum atomic E-state index is 11.4. The number of methoxy groups -OCH3 is 1. The third-order valence-electron chi connectivity index (χ3n) is 3.73. The van der Waals surface area contributed by atoms with Gasteiger partial charge in [0.25, 0.3) is 0 Å². The Bertz CT molecular complexity index is 381. The van der Waals surface area contributed by atoms with Gasteiger partial charge in [0.05, 0.1) is 18.6 Å². The summed E-state index contributed by atoms with van der Waals surface area (Å²) >= 11 is 0. The van der Waals surface area contributed by atoms with Crippen LogP contribution in [0, 0.1) is 5.41 Å². The lowest BCUT2D eigenvalue weighted by Gasteiger charge is -2.32. The molecule has 100 valence electrons. The number of carbonyl (C=O) groups is 1. The molecule has 1 spiro atoms. The van der Waals surface area contributed by atoms with Crippen LogP contribution in [-0.2, 0) is 19.4 Å². The SMILES string of the molecule is COC(=O)C1CC2(CCS(=O)(=O)CC2)CN1.Cl. The van der Waals surface area contributed by atoms with Gasteiger partial charge >= 0.3 is 5.97 Å². The van der Waals surface area contributed by atoms with Gasteiger partial charge in [-0.15, -0.1) is 12.4 Å². The largest absolute Gasteiger partial charge is 0.468 e. The van der Waals surface area contributed by atoms with E-state index in [1.54, 1.807) is 0 Å². The average Bonchev–Trinajstić information content (AvgIpc) is 2.67. The molecule has 0 saturated carbocycles. The highest BCUT2D eigenvalue weighted by Gasteiger charge is 2.45. The highest BCUT2D eigenvalue weighted by molar-refractivity contribution is 7.91. The standard InChI is InChI=1S/C10H17NO4S.ClH/c1-15-9(12)8-6-10(7-11-8)2-4-16(13,14)5-3-10;/h8,11H,2-7H2,1H3;1H. The zero-order valence-electron chi connectivity index (χ0n) is 9.77. The molecule has 0 aromatic carbocycles. The highest BCUT2D eigenvalue weighted by Crippen LogP contribution is 2.40. The predicted octanol–water partition coefficient (Wildman–Crippen LogP) is 0.138. The van der Waals surface area contributed by atoms with Gasteiger partial charge in [0.2, 0.25) is 0 Å². The van der Waals surface area contributed by atoms with E-state index in [2.05, 4.69) is 10.1 Å². The lowest BCUT2D eigenvalue weighted by atomic mass is 9.80. The second-order valence-electron chi connectivity index (χ2n) is 4.81. The number of esters is 1. The second-order valence-corrected chi connectivity index (χ2v) is 7.12. The lowest BCUT2D eigenvalue weighted by molar-refractivity contribution is -0.142. The molecule has 2 aliphatic heterocycles. The molecule has 1 atom stereocenters. The Hall–Kier alpha value is -0.330. The van der Waals surface area contributed by atoms with Crippen molar-refractivity contribution in [1.29, 1.82) is 0 Å². The Morgan fingerprint density at radius 2 is 1.94 bits per heavy atom. The zero-order chi connectivity index (χ0) is 11.8. The molecule has 1 N–H and O–H groups in total. The second kappa shape index (κ2) is 5.12. The average molecular weight is 284 g/mol. The first-order valence-corrected chi connectivity index (χ1v) is 7.30. The topological polar surface area (TPSA) is 72.5 Å².